The van der Waals surface area contributed by atoms with Crippen molar-refractivity contribution in [3.05, 3.63) is 53.6 Å². The number of alkyl halides is 3. The van der Waals surface area contributed by atoms with Crippen molar-refractivity contribution in [1.29, 1.82) is 0 Å². The molecule has 0 aliphatic rings. The molecular weight excluding hydrogens is 347 g/mol. The molecule has 0 atom stereocenters. The number of methoxy groups -OCH3 is 2. The first-order valence-electron chi connectivity index (χ1n) is 7.78. The van der Waals surface area contributed by atoms with Crippen molar-refractivity contribution < 1.29 is 22.6 Å². The summed E-state index contributed by atoms with van der Waals surface area (Å²) in [6.07, 6.45) is -3.85. The number of hydrogen-bond acceptors (Lipinski definition) is 3. The van der Waals surface area contributed by atoms with E-state index in [0.29, 0.717) is 30.2 Å². The second-order valence-corrected chi connectivity index (χ2v) is 5.41. The fourth-order valence-electron chi connectivity index (χ4n) is 2.27. The Bertz CT molecular complexity index is 759. The van der Waals surface area contributed by atoms with Crippen molar-refractivity contribution in [2.24, 2.45) is 10.7 Å². The Morgan fingerprint density at radius 3 is 2.27 bits per heavy atom. The summed E-state index contributed by atoms with van der Waals surface area (Å²) in [5.74, 6) is 1.34. The molecule has 0 aromatic heterocycles. The van der Waals surface area contributed by atoms with E-state index in [-0.39, 0.29) is 5.96 Å². The summed E-state index contributed by atoms with van der Waals surface area (Å²) >= 11 is 0. The van der Waals surface area contributed by atoms with E-state index < -0.39 is 11.7 Å². The maximum absolute atomic E-state index is 12.5. The number of benzene rings is 2. The highest BCUT2D eigenvalue weighted by Crippen LogP contribution is 2.30. The van der Waals surface area contributed by atoms with Crippen molar-refractivity contribution in [3.63, 3.8) is 0 Å². The van der Waals surface area contributed by atoms with Crippen LogP contribution in [0.3, 0.4) is 0 Å². The number of aliphatic imine (C=N–C) groups is 1. The van der Waals surface area contributed by atoms with Crippen molar-refractivity contribution in [3.8, 4) is 11.5 Å². The molecule has 0 aliphatic carbocycles. The van der Waals surface area contributed by atoms with Crippen LogP contribution in [0.5, 0.6) is 11.5 Å². The molecule has 3 N–H and O–H groups in total. The summed E-state index contributed by atoms with van der Waals surface area (Å²) < 4.78 is 47.9. The third-order valence-corrected chi connectivity index (χ3v) is 3.62. The van der Waals surface area contributed by atoms with E-state index in [2.05, 4.69) is 10.3 Å². The van der Waals surface area contributed by atoms with Crippen LogP contribution in [-0.4, -0.2) is 26.7 Å². The predicted octanol–water partition coefficient (Wildman–Crippen LogP) is 3.69. The zero-order valence-corrected chi connectivity index (χ0v) is 14.4. The van der Waals surface area contributed by atoms with Crippen LogP contribution in [-0.2, 0) is 12.6 Å². The van der Waals surface area contributed by atoms with Gasteiger partial charge in [-0.15, -0.1) is 0 Å². The number of halogens is 3. The maximum Gasteiger partial charge on any atom is 0.416 e. The normalized spacial score (nSPS) is 12.0. The second-order valence-electron chi connectivity index (χ2n) is 5.41. The van der Waals surface area contributed by atoms with Gasteiger partial charge in [-0.2, -0.15) is 13.2 Å². The van der Waals surface area contributed by atoms with E-state index in [4.69, 9.17) is 15.2 Å². The Kier molecular flexibility index (Phi) is 6.32. The van der Waals surface area contributed by atoms with Gasteiger partial charge in [-0.25, -0.2) is 0 Å². The van der Waals surface area contributed by atoms with Crippen LogP contribution in [0.4, 0.5) is 18.9 Å². The summed E-state index contributed by atoms with van der Waals surface area (Å²) in [6.45, 7) is 0.345. The summed E-state index contributed by atoms with van der Waals surface area (Å²) in [7, 11) is 3.07. The molecule has 0 saturated heterocycles. The van der Waals surface area contributed by atoms with E-state index in [0.717, 1.165) is 17.7 Å². The molecule has 8 heteroatoms. The highest BCUT2D eigenvalue weighted by atomic mass is 19.4. The van der Waals surface area contributed by atoms with E-state index in [1.54, 1.807) is 25.3 Å². The largest absolute Gasteiger partial charge is 0.493 e. The molecule has 0 aliphatic heterocycles. The number of nitrogens with one attached hydrogen (secondary N) is 1. The molecule has 0 unspecified atom stereocenters. The van der Waals surface area contributed by atoms with Crippen LogP contribution >= 0.6 is 0 Å². The van der Waals surface area contributed by atoms with Gasteiger partial charge in [-0.1, -0.05) is 12.1 Å². The van der Waals surface area contributed by atoms with Gasteiger partial charge in [0.15, 0.2) is 17.5 Å². The first-order valence-corrected chi connectivity index (χ1v) is 7.78. The molecule has 5 nitrogen and oxygen atoms in total. The molecule has 140 valence electrons. The molecule has 0 bridgehead atoms. The fraction of sp³-hybridized carbons (Fsp3) is 0.278. The minimum absolute atomic E-state index is 0.198. The van der Waals surface area contributed by atoms with Gasteiger partial charge in [0, 0.05) is 18.3 Å². The lowest BCUT2D eigenvalue weighted by Crippen LogP contribution is -2.23. The topological polar surface area (TPSA) is 68.9 Å². The van der Waals surface area contributed by atoms with Crippen molar-refractivity contribution in [1.82, 2.24) is 0 Å². The van der Waals surface area contributed by atoms with Gasteiger partial charge in [-0.3, -0.25) is 4.99 Å². The SMILES string of the molecule is COc1ccc(NC(N)=NCCc2ccc(C(F)(F)F)cc2)cc1OC. The number of nitrogens with two attached hydrogens (primary N) is 1. The maximum atomic E-state index is 12.5. The van der Waals surface area contributed by atoms with Crippen molar-refractivity contribution in [2.75, 3.05) is 26.1 Å². The van der Waals surface area contributed by atoms with Gasteiger partial charge in [0.2, 0.25) is 0 Å². The molecule has 2 aromatic carbocycles. The molecule has 0 spiro atoms. The third kappa shape index (κ3) is 5.30. The Labute approximate surface area is 149 Å². The quantitative estimate of drug-likeness (QED) is 0.604. The van der Waals surface area contributed by atoms with Crippen LogP contribution < -0.4 is 20.5 Å². The summed E-state index contributed by atoms with van der Waals surface area (Å²) in [4.78, 5) is 4.17. The van der Waals surface area contributed by atoms with E-state index in [1.165, 1.54) is 19.2 Å². The average molecular weight is 367 g/mol. The average Bonchev–Trinajstić information content (AvgIpc) is 2.61. The molecule has 0 radical (unpaired) electrons. The second kappa shape index (κ2) is 8.46. The lowest BCUT2D eigenvalue weighted by Gasteiger charge is -2.11. The van der Waals surface area contributed by atoms with Crippen molar-refractivity contribution in [2.45, 2.75) is 12.6 Å². The molecular formula is C18H20F3N3O2. The molecule has 0 amide bonds. The van der Waals surface area contributed by atoms with Gasteiger partial charge >= 0.3 is 6.18 Å². The Morgan fingerprint density at radius 2 is 1.69 bits per heavy atom. The zero-order valence-electron chi connectivity index (χ0n) is 14.4. The Hall–Kier alpha value is -2.90. The van der Waals surface area contributed by atoms with E-state index in [1.807, 2.05) is 0 Å². The van der Waals surface area contributed by atoms with Crippen LogP contribution in [0, 0.1) is 0 Å². The summed E-state index contributed by atoms with van der Waals surface area (Å²) in [6, 6.07) is 10.2. The fourth-order valence-corrected chi connectivity index (χ4v) is 2.27. The monoisotopic (exact) mass is 367 g/mol. The minimum Gasteiger partial charge on any atom is -0.493 e. The molecule has 2 aromatic rings. The van der Waals surface area contributed by atoms with Crippen LogP contribution in [0.2, 0.25) is 0 Å². The predicted molar refractivity (Wildman–Crippen MR) is 94.8 cm³/mol. The standard InChI is InChI=1S/C18H20F3N3O2/c1-25-15-8-7-14(11-16(15)26-2)24-17(22)23-10-9-12-3-5-13(6-4-12)18(19,20)21/h3-8,11H,9-10H2,1-2H3,(H3,22,23,24). The van der Waals surface area contributed by atoms with E-state index >= 15 is 0 Å². The van der Waals surface area contributed by atoms with E-state index in [9.17, 15) is 13.2 Å². The Morgan fingerprint density at radius 1 is 1.04 bits per heavy atom. The van der Waals surface area contributed by atoms with Gasteiger partial charge in [0.25, 0.3) is 0 Å². The zero-order chi connectivity index (χ0) is 19.2. The first-order chi connectivity index (χ1) is 12.3. The van der Waals surface area contributed by atoms with Gasteiger partial charge in [0.05, 0.1) is 19.8 Å². The number of anilines is 1. The van der Waals surface area contributed by atoms with Crippen LogP contribution in [0.1, 0.15) is 11.1 Å². The minimum atomic E-state index is -4.33. The van der Waals surface area contributed by atoms with Crippen LogP contribution in [0.15, 0.2) is 47.5 Å². The van der Waals surface area contributed by atoms with Gasteiger partial charge < -0.3 is 20.5 Å². The highest BCUT2D eigenvalue weighted by molar-refractivity contribution is 5.92. The number of rotatable bonds is 6. The molecule has 0 heterocycles. The van der Waals surface area contributed by atoms with Crippen LogP contribution in [0.25, 0.3) is 0 Å². The highest BCUT2D eigenvalue weighted by Gasteiger charge is 2.29. The van der Waals surface area contributed by atoms with Crippen molar-refractivity contribution >= 4 is 11.6 Å². The molecule has 26 heavy (non-hydrogen) atoms. The number of ether oxygens (including phenoxy) is 2. The first kappa shape index (κ1) is 19.4. The number of hydrogen-bond donors (Lipinski definition) is 2. The number of nitrogens with zero attached hydrogens (tertiary/aromatic N) is 1. The Balaban J connectivity index is 1.92. The smallest absolute Gasteiger partial charge is 0.416 e. The van der Waals surface area contributed by atoms with Gasteiger partial charge in [0.1, 0.15) is 0 Å². The molecule has 0 fully saturated rings. The lowest BCUT2D eigenvalue weighted by molar-refractivity contribution is -0.137. The lowest BCUT2D eigenvalue weighted by atomic mass is 10.1. The molecule has 0 saturated carbocycles. The summed E-state index contributed by atoms with van der Waals surface area (Å²) in [5.41, 5.74) is 6.59. The summed E-state index contributed by atoms with van der Waals surface area (Å²) in [5, 5.41) is 2.93. The van der Waals surface area contributed by atoms with Gasteiger partial charge in [-0.05, 0) is 36.2 Å². The third-order valence-electron chi connectivity index (χ3n) is 3.62. The number of guanidine groups is 1. The molecule has 2 rings (SSSR count).